The SMILES string of the molecule is Cc1nn(C2CCCCC2)c2sc(C(=O)Nc3ccc(N4CCCC4O)c(F)c3)cc12. The van der Waals surface area contributed by atoms with Crippen LogP contribution in [-0.2, 0) is 0 Å². The predicted octanol–water partition coefficient (Wildman–Crippen LogP) is 5.22. The van der Waals surface area contributed by atoms with E-state index in [9.17, 15) is 14.3 Å². The maximum Gasteiger partial charge on any atom is 0.265 e. The Bertz CT molecular complexity index is 1120. The van der Waals surface area contributed by atoms with E-state index in [-0.39, 0.29) is 5.91 Å². The first-order valence-electron chi connectivity index (χ1n) is 11.1. The minimum absolute atomic E-state index is 0.246. The zero-order valence-electron chi connectivity index (χ0n) is 17.6. The summed E-state index contributed by atoms with van der Waals surface area (Å²) in [4.78, 5) is 16.2. The summed E-state index contributed by atoms with van der Waals surface area (Å²) >= 11 is 1.45. The van der Waals surface area contributed by atoms with Crippen molar-refractivity contribution in [3.8, 4) is 0 Å². The fourth-order valence-corrected chi connectivity index (χ4v) is 5.93. The van der Waals surface area contributed by atoms with Gasteiger partial charge in [0.05, 0.1) is 22.3 Å². The second kappa shape index (κ2) is 8.24. The molecular weight excluding hydrogens is 415 g/mol. The minimum atomic E-state index is -0.652. The molecule has 0 radical (unpaired) electrons. The van der Waals surface area contributed by atoms with E-state index in [4.69, 9.17) is 5.10 Å². The first-order chi connectivity index (χ1) is 15.0. The van der Waals surface area contributed by atoms with Crippen LogP contribution < -0.4 is 10.2 Å². The van der Waals surface area contributed by atoms with Gasteiger partial charge in [-0.2, -0.15) is 5.10 Å². The minimum Gasteiger partial charge on any atom is -0.374 e. The van der Waals surface area contributed by atoms with Gasteiger partial charge >= 0.3 is 0 Å². The number of hydrogen-bond acceptors (Lipinski definition) is 5. The van der Waals surface area contributed by atoms with Crippen LogP contribution in [0.1, 0.15) is 66.4 Å². The smallest absolute Gasteiger partial charge is 0.265 e. The second-order valence-corrected chi connectivity index (χ2v) is 9.62. The number of thiophene rings is 1. The van der Waals surface area contributed by atoms with Gasteiger partial charge in [-0.15, -0.1) is 11.3 Å². The maximum atomic E-state index is 14.6. The maximum absolute atomic E-state index is 14.6. The highest BCUT2D eigenvalue weighted by molar-refractivity contribution is 7.20. The van der Waals surface area contributed by atoms with Gasteiger partial charge in [-0.1, -0.05) is 19.3 Å². The Morgan fingerprint density at radius 2 is 2.00 bits per heavy atom. The van der Waals surface area contributed by atoms with E-state index < -0.39 is 12.0 Å². The quantitative estimate of drug-likeness (QED) is 0.581. The van der Waals surface area contributed by atoms with E-state index >= 15 is 0 Å². The van der Waals surface area contributed by atoms with E-state index in [2.05, 4.69) is 10.00 Å². The molecule has 1 saturated carbocycles. The second-order valence-electron chi connectivity index (χ2n) is 8.59. The van der Waals surface area contributed by atoms with Crippen LogP contribution in [-0.4, -0.2) is 33.6 Å². The summed E-state index contributed by atoms with van der Waals surface area (Å²) in [5, 5.41) is 18.6. The van der Waals surface area contributed by atoms with Gasteiger partial charge in [0.15, 0.2) is 0 Å². The molecule has 1 aromatic carbocycles. The average Bonchev–Trinajstić information content (AvgIpc) is 3.46. The summed E-state index contributed by atoms with van der Waals surface area (Å²) in [5.41, 5.74) is 1.71. The Morgan fingerprint density at radius 1 is 1.19 bits per heavy atom. The van der Waals surface area contributed by atoms with Gasteiger partial charge in [-0.05, 0) is 56.9 Å². The number of hydrogen-bond donors (Lipinski definition) is 2. The van der Waals surface area contributed by atoms with E-state index in [1.807, 2.05) is 13.0 Å². The molecule has 2 fully saturated rings. The molecular formula is C23H27FN4O2S. The lowest BCUT2D eigenvalue weighted by molar-refractivity contribution is 0.103. The highest BCUT2D eigenvalue weighted by atomic mass is 32.1. The Morgan fingerprint density at radius 3 is 2.71 bits per heavy atom. The van der Waals surface area contributed by atoms with Crippen molar-refractivity contribution in [3.05, 3.63) is 40.7 Å². The number of nitrogens with one attached hydrogen (secondary N) is 1. The van der Waals surface area contributed by atoms with Crippen molar-refractivity contribution in [1.29, 1.82) is 0 Å². The van der Waals surface area contributed by atoms with Gasteiger partial charge in [0.2, 0.25) is 0 Å². The molecule has 31 heavy (non-hydrogen) atoms. The lowest BCUT2D eigenvalue weighted by atomic mass is 9.96. The van der Waals surface area contributed by atoms with Crippen LogP contribution in [0.4, 0.5) is 15.8 Å². The van der Waals surface area contributed by atoms with Crippen LogP contribution in [0, 0.1) is 12.7 Å². The molecule has 1 saturated heterocycles. The van der Waals surface area contributed by atoms with Crippen LogP contribution in [0.25, 0.3) is 10.2 Å². The number of carbonyl (C=O) groups excluding carboxylic acids is 1. The van der Waals surface area contributed by atoms with Crippen molar-refractivity contribution in [2.75, 3.05) is 16.8 Å². The summed E-state index contributed by atoms with van der Waals surface area (Å²) in [6.45, 7) is 2.61. The number of nitrogens with zero attached hydrogens (tertiary/aromatic N) is 3. The largest absolute Gasteiger partial charge is 0.374 e. The summed E-state index contributed by atoms with van der Waals surface area (Å²) in [6, 6.07) is 6.92. The standard InChI is InChI=1S/C23H27FN4O2S/c1-14-17-13-20(31-23(17)28(26-14)16-6-3-2-4-7-16)22(30)25-15-9-10-19(18(24)12-15)27-11-5-8-21(27)29/h9-10,12-13,16,21,29H,2-8,11H2,1H3,(H,25,30). The van der Waals surface area contributed by atoms with E-state index in [0.29, 0.717) is 35.3 Å². The van der Waals surface area contributed by atoms with Crippen molar-refractivity contribution >= 4 is 38.8 Å². The molecule has 8 heteroatoms. The van der Waals surface area contributed by atoms with Crippen LogP contribution >= 0.6 is 11.3 Å². The Kier molecular flexibility index (Phi) is 5.44. The first kappa shape index (κ1) is 20.5. The van der Waals surface area contributed by atoms with Crippen LogP contribution in [0.15, 0.2) is 24.3 Å². The fraction of sp³-hybridized carbons (Fsp3) is 0.478. The molecule has 2 aromatic heterocycles. The van der Waals surface area contributed by atoms with Gasteiger partial charge in [-0.3, -0.25) is 9.48 Å². The molecule has 164 valence electrons. The monoisotopic (exact) mass is 442 g/mol. The number of amides is 1. The Balaban J connectivity index is 1.36. The van der Waals surface area contributed by atoms with Crippen molar-refractivity contribution in [2.45, 2.75) is 64.1 Å². The summed E-state index contributed by atoms with van der Waals surface area (Å²) in [7, 11) is 0. The molecule has 0 spiro atoms. The van der Waals surface area contributed by atoms with E-state index in [1.54, 1.807) is 17.0 Å². The molecule has 2 aliphatic rings. The van der Waals surface area contributed by atoms with Crippen molar-refractivity contribution in [2.24, 2.45) is 0 Å². The molecule has 5 rings (SSSR count). The molecule has 2 N–H and O–H groups in total. The molecule has 1 atom stereocenters. The molecule has 3 heterocycles. The number of aliphatic hydroxyl groups excluding tert-OH is 1. The van der Waals surface area contributed by atoms with Gasteiger partial charge in [0, 0.05) is 17.6 Å². The summed E-state index contributed by atoms with van der Waals surface area (Å²) in [5.74, 6) is -0.692. The zero-order valence-corrected chi connectivity index (χ0v) is 18.4. The number of fused-ring (bicyclic) bond motifs is 1. The normalized spacial score (nSPS) is 20.0. The van der Waals surface area contributed by atoms with Crippen LogP contribution in [0.5, 0.6) is 0 Å². The number of aromatic nitrogens is 2. The summed E-state index contributed by atoms with van der Waals surface area (Å²) < 4.78 is 16.8. The topological polar surface area (TPSA) is 70.4 Å². The number of anilines is 2. The number of aliphatic hydroxyl groups is 1. The lowest BCUT2D eigenvalue weighted by Crippen LogP contribution is -2.29. The Hall–Kier alpha value is -2.45. The number of carbonyl (C=O) groups is 1. The molecule has 1 aliphatic heterocycles. The zero-order chi connectivity index (χ0) is 21.5. The molecule has 0 bridgehead atoms. The molecule has 1 unspecified atom stereocenters. The third-order valence-corrected chi connectivity index (χ3v) is 7.57. The average molecular weight is 443 g/mol. The third kappa shape index (κ3) is 3.83. The molecule has 1 amide bonds. The van der Waals surface area contributed by atoms with Gasteiger partial charge in [-0.25, -0.2) is 4.39 Å². The Labute approximate surface area is 184 Å². The van der Waals surface area contributed by atoms with Crippen molar-refractivity contribution < 1.29 is 14.3 Å². The van der Waals surface area contributed by atoms with E-state index in [1.165, 1.54) is 36.7 Å². The number of halogens is 1. The third-order valence-electron chi connectivity index (χ3n) is 6.45. The van der Waals surface area contributed by atoms with Crippen LogP contribution in [0.2, 0.25) is 0 Å². The molecule has 6 nitrogen and oxygen atoms in total. The first-order valence-corrected chi connectivity index (χ1v) is 11.9. The van der Waals surface area contributed by atoms with E-state index in [0.717, 1.165) is 35.2 Å². The van der Waals surface area contributed by atoms with Crippen molar-refractivity contribution in [1.82, 2.24) is 9.78 Å². The van der Waals surface area contributed by atoms with Crippen LogP contribution in [0.3, 0.4) is 0 Å². The highest BCUT2D eigenvalue weighted by Gasteiger charge is 2.25. The fourth-order valence-electron chi connectivity index (χ4n) is 4.80. The molecule has 3 aromatic rings. The molecule has 1 aliphatic carbocycles. The number of aryl methyl sites for hydroxylation is 1. The van der Waals surface area contributed by atoms with Gasteiger partial charge in [0.25, 0.3) is 5.91 Å². The lowest BCUT2D eigenvalue weighted by Gasteiger charge is -2.23. The van der Waals surface area contributed by atoms with Gasteiger partial charge in [0.1, 0.15) is 16.9 Å². The number of benzene rings is 1. The number of rotatable bonds is 4. The van der Waals surface area contributed by atoms with Gasteiger partial charge < -0.3 is 15.3 Å². The highest BCUT2D eigenvalue weighted by Crippen LogP contribution is 2.36. The predicted molar refractivity (Wildman–Crippen MR) is 121 cm³/mol. The van der Waals surface area contributed by atoms with Crippen molar-refractivity contribution in [3.63, 3.8) is 0 Å². The summed E-state index contributed by atoms with van der Waals surface area (Å²) in [6.07, 6.45) is 6.81.